The highest BCUT2D eigenvalue weighted by molar-refractivity contribution is 7.11. The number of nitrogens with zero attached hydrogens (tertiary/aromatic N) is 5. The summed E-state index contributed by atoms with van der Waals surface area (Å²) < 4.78 is 19.7. The zero-order valence-electron chi connectivity index (χ0n) is 26.1. The second kappa shape index (κ2) is 12.1. The smallest absolute Gasteiger partial charge is 0.338 e. The summed E-state index contributed by atoms with van der Waals surface area (Å²) in [6.45, 7) is 6.27. The largest absolute Gasteiger partial charge is 0.481 e. The molecule has 244 valence electrons. The molecule has 6 aliphatic rings. The Labute approximate surface area is 271 Å². The third-order valence-corrected chi connectivity index (χ3v) is 11.4. The van der Waals surface area contributed by atoms with E-state index < -0.39 is 23.4 Å². The van der Waals surface area contributed by atoms with Crippen molar-refractivity contribution in [2.24, 2.45) is 16.3 Å². The van der Waals surface area contributed by atoms with E-state index >= 15 is 0 Å². The van der Waals surface area contributed by atoms with Crippen molar-refractivity contribution in [3.05, 3.63) is 63.0 Å². The lowest BCUT2D eigenvalue weighted by Gasteiger charge is -2.52. The first-order valence-corrected chi connectivity index (χ1v) is 17.0. The van der Waals surface area contributed by atoms with Crippen molar-refractivity contribution in [2.75, 3.05) is 39.3 Å². The minimum absolute atomic E-state index is 0.0601. The van der Waals surface area contributed by atoms with Crippen molar-refractivity contribution in [2.45, 2.75) is 64.1 Å². The molecule has 46 heavy (non-hydrogen) atoms. The second-order valence-electron chi connectivity index (χ2n) is 13.1. The van der Waals surface area contributed by atoms with E-state index in [1.807, 2.05) is 15.2 Å². The Kier molecular flexibility index (Phi) is 8.08. The summed E-state index contributed by atoms with van der Waals surface area (Å²) in [5.74, 6) is -0.633. The van der Waals surface area contributed by atoms with Gasteiger partial charge in [-0.05, 0) is 75.1 Å². The number of aliphatic carboxylic acids is 1. The molecule has 4 heterocycles. The number of hydrogen-bond donors (Lipinski definition) is 2. The van der Waals surface area contributed by atoms with Crippen LogP contribution in [-0.4, -0.2) is 100 Å². The maximum Gasteiger partial charge on any atom is 0.338 e. The summed E-state index contributed by atoms with van der Waals surface area (Å²) in [4.78, 5) is 55.2. The van der Waals surface area contributed by atoms with Crippen LogP contribution in [0.15, 0.2) is 46.0 Å². The Balaban J connectivity index is 1.17. The highest BCUT2D eigenvalue weighted by Gasteiger charge is 2.58. The number of halogens is 1. The predicted molar refractivity (Wildman–Crippen MR) is 169 cm³/mol. The van der Waals surface area contributed by atoms with Crippen molar-refractivity contribution in [1.29, 1.82) is 0 Å². The number of urea groups is 1. The van der Waals surface area contributed by atoms with Crippen LogP contribution in [0.5, 0.6) is 0 Å². The monoisotopic (exact) mass is 650 g/mol. The Hall–Kier alpha value is -3.84. The number of thiazole rings is 1. The molecule has 0 spiro atoms. The van der Waals surface area contributed by atoms with Gasteiger partial charge in [-0.25, -0.2) is 19.0 Å². The molecule has 2 amide bonds. The molecule has 3 saturated carbocycles. The summed E-state index contributed by atoms with van der Waals surface area (Å²) in [7, 11) is 0. The van der Waals surface area contributed by atoms with Crippen LogP contribution < -0.4 is 5.32 Å². The number of aliphatic imine (C=N–C) groups is 1. The normalized spacial score (nSPS) is 29.5. The van der Waals surface area contributed by atoms with Gasteiger partial charge >= 0.3 is 18.0 Å². The van der Waals surface area contributed by atoms with Crippen LogP contribution in [-0.2, 0) is 14.3 Å². The lowest BCUT2D eigenvalue weighted by Crippen LogP contribution is -2.59. The first kappa shape index (κ1) is 30.8. The van der Waals surface area contributed by atoms with Gasteiger partial charge < -0.3 is 25.0 Å². The number of fused-ring (bicyclic) bond motifs is 4. The summed E-state index contributed by atoms with van der Waals surface area (Å²) in [5.41, 5.74) is 1.52. The minimum atomic E-state index is -0.858. The molecule has 3 aliphatic heterocycles. The van der Waals surface area contributed by atoms with Gasteiger partial charge in [0, 0.05) is 56.0 Å². The zero-order valence-corrected chi connectivity index (χ0v) is 26.9. The fourth-order valence-corrected chi connectivity index (χ4v) is 8.89. The van der Waals surface area contributed by atoms with E-state index in [1.165, 1.54) is 23.5 Å². The van der Waals surface area contributed by atoms with Crippen molar-refractivity contribution in [1.82, 2.24) is 25.0 Å². The number of nitrogens with one attached hydrogen (secondary N) is 1. The number of aromatic nitrogens is 1. The van der Waals surface area contributed by atoms with Crippen LogP contribution in [0.4, 0.5) is 9.18 Å². The van der Waals surface area contributed by atoms with Gasteiger partial charge in [0.05, 0.1) is 23.6 Å². The Morgan fingerprint density at radius 2 is 2.00 bits per heavy atom. The van der Waals surface area contributed by atoms with E-state index in [0.717, 1.165) is 19.3 Å². The molecule has 2 bridgehead atoms. The number of carbonyl (C=O) groups is 3. The number of hydrogen-bond acceptors (Lipinski definition) is 9. The fourth-order valence-electron chi connectivity index (χ4n) is 8.30. The standard InChI is InChI=1S/C33H39FN6O5S/c1-3-45-30(41)26-24(36-28(29-35-10-13-46-29)37-27(26)23-5-4-21(34)14-19(23)2)18-38-11-12-39-22(16-38)17-40(32(39)44)25-15-20-6-8-33(25,9-7-20)31(42)43/h4-5,10,13-14,20,22,25,27H,3,6-9,11-12,15-18H2,1-2H3,(H,36,37)(H,42,43)/t20?,22-,25?,27-,33?/m0/s1. The summed E-state index contributed by atoms with van der Waals surface area (Å²) in [6, 6.07) is 3.32. The van der Waals surface area contributed by atoms with Crippen LogP contribution in [0.1, 0.15) is 61.2 Å². The van der Waals surface area contributed by atoms with Gasteiger partial charge in [0.2, 0.25) is 0 Å². The van der Waals surface area contributed by atoms with E-state index in [1.54, 1.807) is 26.1 Å². The minimum Gasteiger partial charge on any atom is -0.481 e. The maximum atomic E-state index is 14.1. The molecule has 3 atom stereocenters. The Morgan fingerprint density at radius 1 is 1.20 bits per heavy atom. The Morgan fingerprint density at radius 3 is 2.70 bits per heavy atom. The van der Waals surface area contributed by atoms with E-state index in [-0.39, 0.29) is 30.5 Å². The lowest BCUT2D eigenvalue weighted by molar-refractivity contribution is -0.161. The number of carboxylic acid groups (broad SMARTS) is 1. The highest BCUT2D eigenvalue weighted by atomic mass is 32.1. The third-order valence-electron chi connectivity index (χ3n) is 10.6. The van der Waals surface area contributed by atoms with E-state index in [9.17, 15) is 23.9 Å². The number of amides is 2. The van der Waals surface area contributed by atoms with Gasteiger partial charge in [0.1, 0.15) is 11.9 Å². The van der Waals surface area contributed by atoms with Crippen molar-refractivity contribution in [3.63, 3.8) is 0 Å². The number of rotatable bonds is 8. The summed E-state index contributed by atoms with van der Waals surface area (Å²) >= 11 is 1.43. The molecule has 1 aromatic carbocycles. The molecular weight excluding hydrogens is 611 g/mol. The Bertz CT molecular complexity index is 1600. The van der Waals surface area contributed by atoms with Gasteiger partial charge in [-0.15, -0.1) is 11.3 Å². The summed E-state index contributed by atoms with van der Waals surface area (Å²) in [6.07, 6.45) is 5.55. The molecule has 2 saturated heterocycles. The molecule has 3 aliphatic carbocycles. The van der Waals surface area contributed by atoms with Gasteiger partial charge in [0.25, 0.3) is 0 Å². The second-order valence-corrected chi connectivity index (χ2v) is 14.0. The zero-order chi connectivity index (χ0) is 32.2. The average molecular weight is 651 g/mol. The first-order chi connectivity index (χ1) is 22.2. The topological polar surface area (TPSA) is 128 Å². The number of aryl methyl sites for hydroxylation is 1. The quantitative estimate of drug-likeness (QED) is 0.412. The molecule has 1 unspecified atom stereocenters. The predicted octanol–water partition coefficient (Wildman–Crippen LogP) is 3.95. The number of carboxylic acids is 1. The van der Waals surface area contributed by atoms with Gasteiger partial charge in [-0.1, -0.05) is 6.07 Å². The molecule has 8 rings (SSSR count). The molecule has 0 radical (unpaired) electrons. The fraction of sp³-hybridized carbons (Fsp3) is 0.545. The van der Waals surface area contributed by atoms with Crippen molar-refractivity contribution < 1.29 is 28.6 Å². The van der Waals surface area contributed by atoms with Crippen LogP contribution in [0.2, 0.25) is 0 Å². The van der Waals surface area contributed by atoms with Crippen LogP contribution in [0.3, 0.4) is 0 Å². The summed E-state index contributed by atoms with van der Waals surface area (Å²) in [5, 5.41) is 16.2. The molecule has 2 aromatic rings. The highest BCUT2D eigenvalue weighted by Crippen LogP contribution is 2.53. The van der Waals surface area contributed by atoms with Crippen molar-refractivity contribution >= 4 is 35.1 Å². The van der Waals surface area contributed by atoms with E-state index in [4.69, 9.17) is 9.73 Å². The molecular formula is C33H39FN6O5S. The average Bonchev–Trinajstić information content (AvgIpc) is 3.70. The van der Waals surface area contributed by atoms with Crippen LogP contribution >= 0.6 is 11.3 Å². The molecule has 2 N–H and O–H groups in total. The number of esters is 1. The SMILES string of the molecule is CCOC(=O)C1=C(CN2CCN3C(=O)N(C4CC5CCC4(C(=O)O)CC5)C[C@@H]3C2)NC(c2nccs2)=N[C@H]1c1ccc(F)cc1C. The van der Waals surface area contributed by atoms with Gasteiger partial charge in [-0.2, -0.15) is 0 Å². The number of amidine groups is 1. The molecule has 11 nitrogen and oxygen atoms in total. The van der Waals surface area contributed by atoms with E-state index in [2.05, 4.69) is 15.2 Å². The van der Waals surface area contributed by atoms with Crippen LogP contribution in [0.25, 0.3) is 0 Å². The van der Waals surface area contributed by atoms with Crippen LogP contribution in [0, 0.1) is 24.1 Å². The lowest BCUT2D eigenvalue weighted by atomic mass is 9.57. The van der Waals surface area contributed by atoms with Gasteiger partial charge in [-0.3, -0.25) is 14.7 Å². The van der Waals surface area contributed by atoms with Crippen molar-refractivity contribution in [3.8, 4) is 0 Å². The van der Waals surface area contributed by atoms with E-state index in [0.29, 0.717) is 84.7 Å². The van der Waals surface area contributed by atoms with Gasteiger partial charge in [0.15, 0.2) is 10.8 Å². The third kappa shape index (κ3) is 5.26. The molecule has 5 fully saturated rings. The molecule has 1 aromatic heterocycles. The number of benzene rings is 1. The first-order valence-electron chi connectivity index (χ1n) is 16.1. The number of carbonyl (C=O) groups excluding carboxylic acids is 2. The number of ether oxygens (including phenoxy) is 1. The number of piperazine rings is 1. The maximum absolute atomic E-state index is 14.1. The molecule has 13 heteroatoms.